The van der Waals surface area contributed by atoms with E-state index in [9.17, 15) is 4.79 Å². The van der Waals surface area contributed by atoms with E-state index < -0.39 is 0 Å². The van der Waals surface area contributed by atoms with Crippen molar-refractivity contribution in [3.63, 3.8) is 0 Å². The molecule has 1 aliphatic heterocycles. The average molecular weight is 366 g/mol. The molecule has 4 rings (SSSR count). The summed E-state index contributed by atoms with van der Waals surface area (Å²) in [4.78, 5) is 17.1. The van der Waals surface area contributed by atoms with E-state index in [0.717, 1.165) is 57.5 Å². The molecule has 0 spiro atoms. The Morgan fingerprint density at radius 1 is 0.889 bits per heavy atom. The second-order valence-electron chi connectivity index (χ2n) is 8.02. The fourth-order valence-electron chi connectivity index (χ4n) is 4.40. The maximum absolute atomic E-state index is 12.0. The van der Waals surface area contributed by atoms with Crippen molar-refractivity contribution >= 4 is 11.5 Å². The van der Waals surface area contributed by atoms with Gasteiger partial charge in [-0.3, -0.25) is 9.69 Å². The lowest BCUT2D eigenvalue weighted by molar-refractivity contribution is 0.0971. The number of fused-ring (bicyclic) bond motifs is 1. The number of piperazine rings is 1. The Morgan fingerprint density at radius 2 is 1.63 bits per heavy atom. The lowest BCUT2D eigenvalue weighted by Gasteiger charge is -2.36. The third-order valence-electron chi connectivity index (χ3n) is 6.09. The lowest BCUT2D eigenvalue weighted by atomic mass is 9.97. The summed E-state index contributed by atoms with van der Waals surface area (Å²) in [6.45, 7) is 8.92. The van der Waals surface area contributed by atoms with E-state index in [4.69, 9.17) is 0 Å². The number of benzene rings is 1. The van der Waals surface area contributed by atoms with Crippen LogP contribution in [0.5, 0.6) is 0 Å². The average Bonchev–Trinajstić information content (AvgIpc) is 3.11. The number of rotatable bonds is 6. The summed E-state index contributed by atoms with van der Waals surface area (Å²) in [6.07, 6.45) is 7.34. The van der Waals surface area contributed by atoms with Crippen LogP contribution in [-0.2, 0) is 13.0 Å². The molecule has 2 aromatic rings. The van der Waals surface area contributed by atoms with Crippen LogP contribution in [0, 0.1) is 6.92 Å². The fraction of sp³-hybridized carbons (Fsp3) is 0.522. The molecule has 4 heteroatoms. The summed E-state index contributed by atoms with van der Waals surface area (Å²) >= 11 is 0. The van der Waals surface area contributed by atoms with E-state index >= 15 is 0 Å². The molecule has 0 unspecified atom stereocenters. The molecule has 0 N–H and O–H groups in total. The Hall–Kier alpha value is -2.07. The Bertz CT molecular complexity index is 769. The minimum atomic E-state index is 0.335. The van der Waals surface area contributed by atoms with Gasteiger partial charge in [0.05, 0.1) is 0 Å². The molecule has 27 heavy (non-hydrogen) atoms. The van der Waals surface area contributed by atoms with Crippen LogP contribution in [-0.4, -0.2) is 48.0 Å². The molecule has 1 fully saturated rings. The number of anilines is 1. The van der Waals surface area contributed by atoms with Gasteiger partial charge in [0.2, 0.25) is 0 Å². The standard InChI is InChI=1S/C23H31N3O/c1-19-7-9-20(10-8-19)25-17-15-24(16-18-25)12-2-3-13-26-14-11-21-22(26)5-4-6-23(21)27/h7-11,14H,2-6,12-13,15-18H2,1H3. The van der Waals surface area contributed by atoms with Crippen molar-refractivity contribution in [2.75, 3.05) is 37.6 Å². The van der Waals surface area contributed by atoms with Crippen molar-refractivity contribution < 1.29 is 4.79 Å². The van der Waals surface area contributed by atoms with Crippen LogP contribution in [0.25, 0.3) is 0 Å². The SMILES string of the molecule is Cc1ccc(N2CCN(CCCCn3ccc4c3CCCC4=O)CC2)cc1. The second kappa shape index (κ2) is 8.30. The van der Waals surface area contributed by atoms with E-state index in [1.54, 1.807) is 0 Å². The van der Waals surface area contributed by atoms with Gasteiger partial charge in [0.15, 0.2) is 5.78 Å². The minimum absolute atomic E-state index is 0.335. The monoisotopic (exact) mass is 365 g/mol. The highest BCUT2D eigenvalue weighted by molar-refractivity contribution is 5.98. The largest absolute Gasteiger partial charge is 0.369 e. The van der Waals surface area contributed by atoms with Crippen molar-refractivity contribution in [3.8, 4) is 0 Å². The van der Waals surface area contributed by atoms with Crippen LogP contribution < -0.4 is 4.90 Å². The molecule has 2 aliphatic rings. The second-order valence-corrected chi connectivity index (χ2v) is 8.02. The molecule has 1 aliphatic carbocycles. The number of hydrogen-bond acceptors (Lipinski definition) is 3. The molecule has 1 aromatic heterocycles. The van der Waals surface area contributed by atoms with Crippen molar-refractivity contribution in [3.05, 3.63) is 53.3 Å². The summed E-state index contributed by atoms with van der Waals surface area (Å²) < 4.78 is 2.32. The number of aromatic nitrogens is 1. The van der Waals surface area contributed by atoms with Gasteiger partial charge >= 0.3 is 0 Å². The van der Waals surface area contributed by atoms with Gasteiger partial charge < -0.3 is 9.47 Å². The normalized spacial score (nSPS) is 18.0. The first-order chi connectivity index (χ1) is 13.2. The van der Waals surface area contributed by atoms with Crippen LogP contribution in [0.4, 0.5) is 5.69 Å². The number of Topliss-reactive ketones (excluding diaryl/α,β-unsaturated/α-hetero) is 1. The Kier molecular flexibility index (Phi) is 5.63. The predicted octanol–water partition coefficient (Wildman–Crippen LogP) is 3.92. The third kappa shape index (κ3) is 4.27. The number of carbonyl (C=O) groups excluding carboxylic acids is 1. The molecule has 4 nitrogen and oxygen atoms in total. The minimum Gasteiger partial charge on any atom is -0.369 e. The smallest absolute Gasteiger partial charge is 0.164 e. The summed E-state index contributed by atoms with van der Waals surface area (Å²) in [5.74, 6) is 0.335. The van der Waals surface area contributed by atoms with Gasteiger partial charge in [-0.1, -0.05) is 17.7 Å². The number of carbonyl (C=O) groups is 1. The third-order valence-corrected chi connectivity index (χ3v) is 6.09. The Labute approximate surface area is 162 Å². The molecule has 1 saturated heterocycles. The van der Waals surface area contributed by atoms with E-state index in [0.29, 0.717) is 5.78 Å². The Morgan fingerprint density at radius 3 is 2.41 bits per heavy atom. The molecule has 0 radical (unpaired) electrons. The van der Waals surface area contributed by atoms with Gasteiger partial charge in [-0.25, -0.2) is 0 Å². The van der Waals surface area contributed by atoms with E-state index in [1.807, 2.05) is 6.07 Å². The first-order valence-corrected chi connectivity index (χ1v) is 10.5. The number of unbranched alkanes of at least 4 members (excludes halogenated alkanes) is 1. The maximum atomic E-state index is 12.0. The zero-order valence-electron chi connectivity index (χ0n) is 16.5. The first kappa shape index (κ1) is 18.3. The summed E-state index contributed by atoms with van der Waals surface area (Å²) in [5, 5.41) is 0. The van der Waals surface area contributed by atoms with Crippen LogP contribution in [0.2, 0.25) is 0 Å². The number of nitrogens with zero attached hydrogens (tertiary/aromatic N) is 3. The highest BCUT2D eigenvalue weighted by Crippen LogP contribution is 2.23. The zero-order valence-corrected chi connectivity index (χ0v) is 16.5. The molecule has 0 saturated carbocycles. The van der Waals surface area contributed by atoms with Gasteiger partial charge in [-0.15, -0.1) is 0 Å². The summed E-state index contributed by atoms with van der Waals surface area (Å²) in [5.41, 5.74) is 4.93. The number of ketones is 1. The highest BCUT2D eigenvalue weighted by atomic mass is 16.1. The molecule has 0 amide bonds. The molecule has 2 heterocycles. The van der Waals surface area contributed by atoms with Gasteiger partial charge in [-0.05, 0) is 57.4 Å². The Balaban J connectivity index is 1.19. The first-order valence-electron chi connectivity index (χ1n) is 10.5. The predicted molar refractivity (Wildman–Crippen MR) is 111 cm³/mol. The molecular weight excluding hydrogens is 334 g/mol. The molecule has 144 valence electrons. The molecule has 0 atom stereocenters. The van der Waals surface area contributed by atoms with Crippen molar-refractivity contribution in [2.45, 2.75) is 45.6 Å². The maximum Gasteiger partial charge on any atom is 0.164 e. The van der Waals surface area contributed by atoms with Crippen molar-refractivity contribution in [2.24, 2.45) is 0 Å². The van der Waals surface area contributed by atoms with Crippen LogP contribution in [0.1, 0.15) is 47.3 Å². The number of aryl methyl sites for hydroxylation is 2. The quantitative estimate of drug-likeness (QED) is 0.727. The van der Waals surface area contributed by atoms with Gasteiger partial charge in [0.1, 0.15) is 0 Å². The fourth-order valence-corrected chi connectivity index (χ4v) is 4.40. The van der Waals surface area contributed by atoms with Crippen molar-refractivity contribution in [1.82, 2.24) is 9.47 Å². The van der Waals surface area contributed by atoms with Gasteiger partial charge in [0.25, 0.3) is 0 Å². The van der Waals surface area contributed by atoms with Crippen LogP contribution >= 0.6 is 0 Å². The van der Waals surface area contributed by atoms with Crippen molar-refractivity contribution in [1.29, 1.82) is 0 Å². The highest BCUT2D eigenvalue weighted by Gasteiger charge is 2.20. The lowest BCUT2D eigenvalue weighted by Crippen LogP contribution is -2.46. The van der Waals surface area contributed by atoms with E-state index in [-0.39, 0.29) is 0 Å². The topological polar surface area (TPSA) is 28.5 Å². The molecular formula is C23H31N3O. The van der Waals surface area contributed by atoms with Crippen LogP contribution in [0.3, 0.4) is 0 Å². The van der Waals surface area contributed by atoms with E-state index in [2.05, 4.69) is 51.8 Å². The summed E-state index contributed by atoms with van der Waals surface area (Å²) in [6, 6.07) is 10.9. The van der Waals surface area contributed by atoms with Gasteiger partial charge in [-0.2, -0.15) is 0 Å². The molecule has 1 aromatic carbocycles. The summed E-state index contributed by atoms with van der Waals surface area (Å²) in [7, 11) is 0. The molecule has 0 bridgehead atoms. The zero-order chi connectivity index (χ0) is 18.6. The van der Waals surface area contributed by atoms with Gasteiger partial charge in [0, 0.05) is 62.3 Å². The van der Waals surface area contributed by atoms with E-state index in [1.165, 1.54) is 36.3 Å². The number of hydrogen-bond donors (Lipinski definition) is 0. The van der Waals surface area contributed by atoms with Crippen LogP contribution in [0.15, 0.2) is 36.5 Å².